The van der Waals surface area contributed by atoms with E-state index in [1.54, 1.807) is 6.07 Å². The maximum atomic E-state index is 13.1. The van der Waals surface area contributed by atoms with E-state index in [-0.39, 0.29) is 22.0 Å². The van der Waals surface area contributed by atoms with E-state index in [9.17, 15) is 14.0 Å². The van der Waals surface area contributed by atoms with Crippen LogP contribution in [0.3, 0.4) is 0 Å². The molecular formula is C18H17ClFNO5. The number of hydrogen-bond acceptors (Lipinski definition) is 5. The van der Waals surface area contributed by atoms with Gasteiger partial charge in [0.1, 0.15) is 22.9 Å². The van der Waals surface area contributed by atoms with Crippen LogP contribution in [0.15, 0.2) is 36.4 Å². The predicted molar refractivity (Wildman–Crippen MR) is 94.5 cm³/mol. The van der Waals surface area contributed by atoms with Gasteiger partial charge < -0.3 is 19.5 Å². The van der Waals surface area contributed by atoms with Gasteiger partial charge >= 0.3 is 5.97 Å². The Kier molecular flexibility index (Phi) is 6.41. The molecule has 0 unspecified atom stereocenters. The van der Waals surface area contributed by atoms with E-state index in [2.05, 4.69) is 5.32 Å². The summed E-state index contributed by atoms with van der Waals surface area (Å²) in [4.78, 5) is 24.2. The number of carbonyl (C=O) groups is 2. The average Bonchev–Trinajstić information content (AvgIpc) is 2.63. The van der Waals surface area contributed by atoms with Crippen molar-refractivity contribution in [2.24, 2.45) is 0 Å². The zero-order valence-corrected chi connectivity index (χ0v) is 15.1. The SMILES string of the molecule is COC(=O)c1ccc(OC)cc1O[C@@H](C)C(=O)Nc1ccc(F)cc1Cl. The quantitative estimate of drug-likeness (QED) is 0.773. The van der Waals surface area contributed by atoms with Crippen molar-refractivity contribution in [2.75, 3.05) is 19.5 Å². The Hall–Kier alpha value is -2.80. The second-order valence-corrected chi connectivity index (χ2v) is 5.63. The van der Waals surface area contributed by atoms with Gasteiger partial charge in [-0.15, -0.1) is 0 Å². The van der Waals surface area contributed by atoms with E-state index in [1.807, 2.05) is 0 Å². The summed E-state index contributed by atoms with van der Waals surface area (Å²) in [5.41, 5.74) is 0.389. The first-order valence-electron chi connectivity index (χ1n) is 7.54. The smallest absolute Gasteiger partial charge is 0.341 e. The summed E-state index contributed by atoms with van der Waals surface area (Å²) in [5.74, 6) is -1.09. The van der Waals surface area contributed by atoms with Crippen LogP contribution in [0.1, 0.15) is 17.3 Å². The Morgan fingerprint density at radius 2 is 1.88 bits per heavy atom. The van der Waals surface area contributed by atoms with E-state index in [0.29, 0.717) is 5.75 Å². The van der Waals surface area contributed by atoms with Crippen LogP contribution in [0.2, 0.25) is 5.02 Å². The number of nitrogens with one attached hydrogen (secondary N) is 1. The van der Waals surface area contributed by atoms with Crippen LogP contribution in [0.4, 0.5) is 10.1 Å². The summed E-state index contributed by atoms with van der Waals surface area (Å²) in [5, 5.41) is 2.60. The highest BCUT2D eigenvalue weighted by Gasteiger charge is 2.21. The lowest BCUT2D eigenvalue weighted by Gasteiger charge is -2.17. The third kappa shape index (κ3) is 4.64. The van der Waals surface area contributed by atoms with Gasteiger partial charge in [-0.2, -0.15) is 0 Å². The summed E-state index contributed by atoms with van der Waals surface area (Å²) in [7, 11) is 2.70. The zero-order chi connectivity index (χ0) is 19.3. The van der Waals surface area contributed by atoms with Crippen LogP contribution in [-0.4, -0.2) is 32.2 Å². The molecule has 0 radical (unpaired) electrons. The Bertz CT molecular complexity index is 827. The Morgan fingerprint density at radius 3 is 2.50 bits per heavy atom. The average molecular weight is 382 g/mol. The molecule has 0 aliphatic heterocycles. The number of esters is 1. The number of amides is 1. The molecular weight excluding hydrogens is 365 g/mol. The van der Waals surface area contributed by atoms with Gasteiger partial charge in [0, 0.05) is 6.07 Å². The molecule has 0 saturated carbocycles. The van der Waals surface area contributed by atoms with Crippen LogP contribution < -0.4 is 14.8 Å². The normalized spacial score (nSPS) is 11.4. The third-order valence-electron chi connectivity index (χ3n) is 3.46. The Balaban J connectivity index is 2.18. The van der Waals surface area contributed by atoms with Gasteiger partial charge in [0.05, 0.1) is 24.9 Å². The molecule has 26 heavy (non-hydrogen) atoms. The van der Waals surface area contributed by atoms with E-state index in [1.165, 1.54) is 45.4 Å². The maximum Gasteiger partial charge on any atom is 0.341 e. The standard InChI is InChI=1S/C18H17ClFNO5/c1-10(17(22)21-15-7-4-11(20)8-14(15)19)26-16-9-12(24-2)5-6-13(16)18(23)25-3/h4-10H,1-3H3,(H,21,22)/t10-/m0/s1. The lowest BCUT2D eigenvalue weighted by molar-refractivity contribution is -0.122. The molecule has 138 valence electrons. The van der Waals surface area contributed by atoms with Crippen LogP contribution in [0, 0.1) is 5.82 Å². The van der Waals surface area contributed by atoms with Crippen molar-refractivity contribution in [1.82, 2.24) is 0 Å². The monoisotopic (exact) mass is 381 g/mol. The van der Waals surface area contributed by atoms with Crippen LogP contribution >= 0.6 is 11.6 Å². The molecule has 1 atom stereocenters. The van der Waals surface area contributed by atoms with Gasteiger partial charge in [0.25, 0.3) is 5.91 Å². The molecule has 0 bridgehead atoms. The van der Waals surface area contributed by atoms with Crippen LogP contribution in [0.5, 0.6) is 11.5 Å². The molecule has 1 amide bonds. The minimum absolute atomic E-state index is 0.0576. The fourth-order valence-corrected chi connectivity index (χ4v) is 2.29. The van der Waals surface area contributed by atoms with Crippen molar-refractivity contribution in [3.63, 3.8) is 0 Å². The highest BCUT2D eigenvalue weighted by molar-refractivity contribution is 6.33. The largest absolute Gasteiger partial charge is 0.497 e. The van der Waals surface area contributed by atoms with E-state index < -0.39 is 23.8 Å². The van der Waals surface area contributed by atoms with Gasteiger partial charge in [-0.1, -0.05) is 11.6 Å². The molecule has 0 spiro atoms. The minimum atomic E-state index is -0.980. The first kappa shape index (κ1) is 19.5. The zero-order valence-electron chi connectivity index (χ0n) is 14.3. The number of benzene rings is 2. The fourth-order valence-electron chi connectivity index (χ4n) is 2.07. The molecule has 2 aromatic carbocycles. The van der Waals surface area contributed by atoms with Crippen molar-refractivity contribution in [2.45, 2.75) is 13.0 Å². The van der Waals surface area contributed by atoms with Crippen LogP contribution in [0.25, 0.3) is 0 Å². The van der Waals surface area contributed by atoms with Gasteiger partial charge in [-0.05, 0) is 37.3 Å². The summed E-state index contributed by atoms with van der Waals surface area (Å²) in [6, 6.07) is 8.11. The number of anilines is 1. The molecule has 0 saturated heterocycles. The summed E-state index contributed by atoms with van der Waals surface area (Å²) in [6.07, 6.45) is -0.980. The molecule has 1 N–H and O–H groups in total. The molecule has 0 aliphatic rings. The molecule has 0 heterocycles. The van der Waals surface area contributed by atoms with Gasteiger partial charge in [-0.3, -0.25) is 4.79 Å². The minimum Gasteiger partial charge on any atom is -0.497 e. The first-order chi connectivity index (χ1) is 12.3. The molecule has 8 heteroatoms. The van der Waals surface area contributed by atoms with Crippen LogP contribution in [-0.2, 0) is 9.53 Å². The number of halogens is 2. The van der Waals surface area contributed by atoms with E-state index in [0.717, 1.165) is 6.07 Å². The first-order valence-corrected chi connectivity index (χ1v) is 7.92. The molecule has 0 aliphatic carbocycles. The van der Waals surface area contributed by atoms with Crippen molar-refractivity contribution in [1.29, 1.82) is 0 Å². The molecule has 0 aromatic heterocycles. The number of ether oxygens (including phenoxy) is 3. The van der Waals surface area contributed by atoms with Crippen molar-refractivity contribution in [3.8, 4) is 11.5 Å². The predicted octanol–water partition coefficient (Wildman–Crippen LogP) is 3.68. The molecule has 2 aromatic rings. The summed E-state index contributed by atoms with van der Waals surface area (Å²) in [6.45, 7) is 1.49. The van der Waals surface area contributed by atoms with E-state index in [4.69, 9.17) is 25.8 Å². The van der Waals surface area contributed by atoms with E-state index >= 15 is 0 Å². The van der Waals surface area contributed by atoms with Crippen molar-refractivity contribution >= 4 is 29.2 Å². The third-order valence-corrected chi connectivity index (χ3v) is 3.77. The molecule has 2 rings (SSSR count). The topological polar surface area (TPSA) is 73.9 Å². The Labute approximate surface area is 154 Å². The van der Waals surface area contributed by atoms with Crippen molar-refractivity contribution in [3.05, 3.63) is 52.8 Å². The second-order valence-electron chi connectivity index (χ2n) is 5.23. The number of rotatable bonds is 6. The van der Waals surface area contributed by atoms with Crippen molar-refractivity contribution < 1.29 is 28.2 Å². The molecule has 0 fully saturated rings. The van der Waals surface area contributed by atoms with Gasteiger partial charge in [0.15, 0.2) is 6.10 Å². The van der Waals surface area contributed by atoms with Gasteiger partial charge in [0.2, 0.25) is 0 Å². The second kappa shape index (κ2) is 8.53. The number of methoxy groups -OCH3 is 2. The fraction of sp³-hybridized carbons (Fsp3) is 0.222. The Morgan fingerprint density at radius 1 is 1.15 bits per heavy atom. The highest BCUT2D eigenvalue weighted by atomic mass is 35.5. The summed E-state index contributed by atoms with van der Waals surface area (Å²) >= 11 is 5.89. The number of carbonyl (C=O) groups excluding carboxylic acids is 2. The number of hydrogen-bond donors (Lipinski definition) is 1. The van der Waals surface area contributed by atoms with Gasteiger partial charge in [-0.25, -0.2) is 9.18 Å². The lowest BCUT2D eigenvalue weighted by Crippen LogP contribution is -2.30. The summed E-state index contributed by atoms with van der Waals surface area (Å²) < 4.78 is 28.5. The lowest BCUT2D eigenvalue weighted by atomic mass is 10.2. The highest BCUT2D eigenvalue weighted by Crippen LogP contribution is 2.27. The molecule has 6 nitrogen and oxygen atoms in total. The maximum absolute atomic E-state index is 13.1.